The first-order valence-corrected chi connectivity index (χ1v) is 5.96. The Bertz CT molecular complexity index is 677. The van der Waals surface area contributed by atoms with Crippen molar-refractivity contribution in [3.63, 3.8) is 0 Å². The molecule has 0 amide bonds. The third-order valence-corrected chi connectivity index (χ3v) is 2.90. The Morgan fingerprint density at radius 1 is 1.05 bits per heavy atom. The van der Waals surface area contributed by atoms with E-state index in [-0.39, 0.29) is 0 Å². The first-order valence-electron chi connectivity index (χ1n) is 5.96. The van der Waals surface area contributed by atoms with Crippen LogP contribution in [-0.2, 0) is 0 Å². The number of nitrogens with zero attached hydrogens (tertiary/aromatic N) is 3. The SMILES string of the molecule is COc1cccc(-n2cc(-c3cccnc3)cn2)c1. The first kappa shape index (κ1) is 11.5. The fourth-order valence-corrected chi connectivity index (χ4v) is 1.90. The van der Waals surface area contributed by atoms with Crippen molar-refractivity contribution in [3.8, 4) is 22.6 Å². The number of rotatable bonds is 3. The van der Waals surface area contributed by atoms with E-state index >= 15 is 0 Å². The molecule has 0 aliphatic rings. The Balaban J connectivity index is 1.97. The van der Waals surface area contributed by atoms with Crippen molar-refractivity contribution < 1.29 is 4.74 Å². The molecule has 0 atom stereocenters. The van der Waals surface area contributed by atoms with Crippen LogP contribution in [0.25, 0.3) is 16.8 Å². The zero-order valence-electron chi connectivity index (χ0n) is 10.5. The molecule has 19 heavy (non-hydrogen) atoms. The Morgan fingerprint density at radius 3 is 2.79 bits per heavy atom. The fourth-order valence-electron chi connectivity index (χ4n) is 1.90. The summed E-state index contributed by atoms with van der Waals surface area (Å²) in [6.45, 7) is 0. The van der Waals surface area contributed by atoms with Crippen LogP contribution >= 0.6 is 0 Å². The second-order valence-corrected chi connectivity index (χ2v) is 4.12. The zero-order chi connectivity index (χ0) is 13.1. The highest BCUT2D eigenvalue weighted by Gasteiger charge is 2.04. The molecule has 0 radical (unpaired) electrons. The van der Waals surface area contributed by atoms with Crippen LogP contribution in [0.5, 0.6) is 5.75 Å². The molecule has 3 aromatic rings. The number of aromatic nitrogens is 3. The maximum Gasteiger partial charge on any atom is 0.121 e. The molecule has 94 valence electrons. The van der Waals surface area contributed by atoms with Crippen molar-refractivity contribution in [3.05, 3.63) is 61.2 Å². The molecular weight excluding hydrogens is 238 g/mol. The molecule has 2 heterocycles. The van der Waals surface area contributed by atoms with Gasteiger partial charge in [-0.15, -0.1) is 0 Å². The molecule has 3 rings (SSSR count). The molecule has 0 aliphatic heterocycles. The van der Waals surface area contributed by atoms with Crippen molar-refractivity contribution in [2.75, 3.05) is 7.11 Å². The van der Waals surface area contributed by atoms with E-state index in [4.69, 9.17) is 4.74 Å². The molecule has 0 saturated heterocycles. The van der Waals surface area contributed by atoms with Gasteiger partial charge in [0.15, 0.2) is 0 Å². The third-order valence-electron chi connectivity index (χ3n) is 2.90. The number of hydrogen-bond acceptors (Lipinski definition) is 3. The van der Waals surface area contributed by atoms with Gasteiger partial charge in [0, 0.05) is 35.8 Å². The standard InChI is InChI=1S/C15H13N3O/c1-19-15-6-2-5-14(8-15)18-11-13(10-17-18)12-4-3-7-16-9-12/h2-11H,1H3. The lowest BCUT2D eigenvalue weighted by Gasteiger charge is -2.03. The fraction of sp³-hybridized carbons (Fsp3) is 0.0667. The first-order chi connectivity index (χ1) is 9.36. The van der Waals surface area contributed by atoms with Gasteiger partial charge in [-0.25, -0.2) is 4.68 Å². The molecule has 4 nitrogen and oxygen atoms in total. The molecule has 0 unspecified atom stereocenters. The summed E-state index contributed by atoms with van der Waals surface area (Å²) in [7, 11) is 1.66. The van der Waals surface area contributed by atoms with Crippen molar-refractivity contribution in [2.45, 2.75) is 0 Å². The van der Waals surface area contributed by atoms with Gasteiger partial charge in [0.05, 0.1) is 19.0 Å². The van der Waals surface area contributed by atoms with E-state index in [0.717, 1.165) is 22.6 Å². The molecule has 0 bridgehead atoms. The Morgan fingerprint density at radius 2 is 2.00 bits per heavy atom. The molecule has 4 heteroatoms. The van der Waals surface area contributed by atoms with Crippen LogP contribution in [0.4, 0.5) is 0 Å². The van der Waals surface area contributed by atoms with Gasteiger partial charge < -0.3 is 4.74 Å². The predicted octanol–water partition coefficient (Wildman–Crippen LogP) is 2.94. The van der Waals surface area contributed by atoms with Crippen LogP contribution in [-0.4, -0.2) is 21.9 Å². The molecule has 0 spiro atoms. The summed E-state index contributed by atoms with van der Waals surface area (Å²) in [5.41, 5.74) is 3.06. The lowest BCUT2D eigenvalue weighted by molar-refractivity contribution is 0.414. The van der Waals surface area contributed by atoms with Gasteiger partial charge in [0.1, 0.15) is 5.75 Å². The van der Waals surface area contributed by atoms with E-state index in [1.807, 2.05) is 59.7 Å². The lowest BCUT2D eigenvalue weighted by Crippen LogP contribution is -1.94. The monoisotopic (exact) mass is 251 g/mol. The molecule has 0 N–H and O–H groups in total. The summed E-state index contributed by atoms with van der Waals surface area (Å²) in [6.07, 6.45) is 7.39. The summed E-state index contributed by atoms with van der Waals surface area (Å²) >= 11 is 0. The van der Waals surface area contributed by atoms with Gasteiger partial charge in [-0.05, 0) is 18.2 Å². The van der Waals surface area contributed by atoms with Crippen LogP contribution < -0.4 is 4.74 Å². The number of benzene rings is 1. The minimum absolute atomic E-state index is 0.816. The summed E-state index contributed by atoms with van der Waals surface area (Å²) in [4.78, 5) is 4.11. The van der Waals surface area contributed by atoms with Crippen molar-refractivity contribution >= 4 is 0 Å². The van der Waals surface area contributed by atoms with Crippen LogP contribution in [0, 0.1) is 0 Å². The van der Waals surface area contributed by atoms with Gasteiger partial charge >= 0.3 is 0 Å². The molecular formula is C15H13N3O. The van der Waals surface area contributed by atoms with Crippen molar-refractivity contribution in [2.24, 2.45) is 0 Å². The largest absolute Gasteiger partial charge is 0.497 e. The Kier molecular flexibility index (Phi) is 2.98. The molecule has 1 aromatic carbocycles. The van der Waals surface area contributed by atoms with Crippen LogP contribution in [0.3, 0.4) is 0 Å². The summed E-state index contributed by atoms with van der Waals surface area (Å²) in [5.74, 6) is 0.816. The van der Waals surface area contributed by atoms with E-state index < -0.39 is 0 Å². The maximum absolute atomic E-state index is 5.22. The molecule has 0 aliphatic carbocycles. The van der Waals surface area contributed by atoms with E-state index in [1.165, 1.54) is 0 Å². The van der Waals surface area contributed by atoms with Crippen molar-refractivity contribution in [1.29, 1.82) is 0 Å². The number of pyridine rings is 1. The average molecular weight is 251 g/mol. The normalized spacial score (nSPS) is 10.4. The molecule has 0 fully saturated rings. The van der Waals surface area contributed by atoms with Crippen LogP contribution in [0.1, 0.15) is 0 Å². The van der Waals surface area contributed by atoms with E-state index in [9.17, 15) is 0 Å². The highest BCUT2D eigenvalue weighted by atomic mass is 16.5. The van der Waals surface area contributed by atoms with Gasteiger partial charge in [-0.2, -0.15) is 5.10 Å². The third kappa shape index (κ3) is 2.33. The Hall–Kier alpha value is -2.62. The average Bonchev–Trinajstić information content (AvgIpc) is 2.98. The Labute approximate surface area is 111 Å². The predicted molar refractivity (Wildman–Crippen MR) is 73.3 cm³/mol. The quantitative estimate of drug-likeness (QED) is 0.718. The van der Waals surface area contributed by atoms with E-state index in [0.29, 0.717) is 0 Å². The van der Waals surface area contributed by atoms with Crippen LogP contribution in [0.2, 0.25) is 0 Å². The second kappa shape index (κ2) is 4.94. The molecule has 2 aromatic heterocycles. The molecule has 0 saturated carbocycles. The van der Waals surface area contributed by atoms with Gasteiger partial charge in [-0.1, -0.05) is 12.1 Å². The number of hydrogen-bond donors (Lipinski definition) is 0. The van der Waals surface area contributed by atoms with Gasteiger partial charge in [0.25, 0.3) is 0 Å². The summed E-state index contributed by atoms with van der Waals surface area (Å²) in [6, 6.07) is 11.7. The summed E-state index contributed by atoms with van der Waals surface area (Å²) in [5, 5.41) is 4.37. The lowest BCUT2D eigenvalue weighted by atomic mass is 10.2. The van der Waals surface area contributed by atoms with Crippen molar-refractivity contribution in [1.82, 2.24) is 14.8 Å². The number of ether oxygens (including phenoxy) is 1. The smallest absolute Gasteiger partial charge is 0.121 e. The minimum atomic E-state index is 0.816. The van der Waals surface area contributed by atoms with E-state index in [1.54, 1.807) is 13.3 Å². The maximum atomic E-state index is 5.22. The minimum Gasteiger partial charge on any atom is -0.497 e. The summed E-state index contributed by atoms with van der Waals surface area (Å²) < 4.78 is 7.04. The second-order valence-electron chi connectivity index (χ2n) is 4.12. The topological polar surface area (TPSA) is 39.9 Å². The van der Waals surface area contributed by atoms with E-state index in [2.05, 4.69) is 10.1 Å². The highest BCUT2D eigenvalue weighted by Crippen LogP contribution is 2.20. The van der Waals surface area contributed by atoms with Gasteiger partial charge in [-0.3, -0.25) is 4.98 Å². The number of methoxy groups -OCH3 is 1. The van der Waals surface area contributed by atoms with Crippen LogP contribution in [0.15, 0.2) is 61.2 Å². The van der Waals surface area contributed by atoms with Gasteiger partial charge in [0.2, 0.25) is 0 Å². The zero-order valence-corrected chi connectivity index (χ0v) is 10.5. The highest BCUT2D eigenvalue weighted by molar-refractivity contribution is 5.61.